The number of hydrogen-bond donors (Lipinski definition) is 1. The van der Waals surface area contributed by atoms with Gasteiger partial charge >= 0.3 is 0 Å². The van der Waals surface area contributed by atoms with Crippen molar-refractivity contribution in [1.29, 1.82) is 0 Å². The molecule has 1 saturated heterocycles. The van der Waals surface area contributed by atoms with Gasteiger partial charge in [-0.15, -0.1) is 0 Å². The predicted molar refractivity (Wildman–Crippen MR) is 90.1 cm³/mol. The minimum Gasteiger partial charge on any atom is -0.313 e. The Balaban J connectivity index is 1.62. The molecule has 1 N–H and O–H groups in total. The number of halogens is 1. The zero-order valence-corrected chi connectivity index (χ0v) is 14.4. The summed E-state index contributed by atoms with van der Waals surface area (Å²) in [5.74, 6) is 0. The number of nitrogens with one attached hydrogen (secondary N) is 1. The molecule has 3 heteroatoms. The molecule has 1 aliphatic rings. The maximum atomic E-state index is 3.59. The zero-order valence-electron chi connectivity index (χ0n) is 12.8. The number of nitrogens with zero attached hydrogens (tertiary/aromatic N) is 1. The van der Waals surface area contributed by atoms with Crippen LogP contribution in [0, 0.1) is 6.92 Å². The molecule has 112 valence electrons. The van der Waals surface area contributed by atoms with Crippen LogP contribution in [0.3, 0.4) is 0 Å². The second-order valence-corrected chi connectivity index (χ2v) is 6.85. The summed E-state index contributed by atoms with van der Waals surface area (Å²) in [6.07, 6.45) is 5.43. The Kier molecular flexibility index (Phi) is 6.53. The van der Waals surface area contributed by atoms with E-state index in [1.807, 2.05) is 0 Å². The van der Waals surface area contributed by atoms with Crippen molar-refractivity contribution in [3.63, 3.8) is 0 Å². The van der Waals surface area contributed by atoms with Crippen LogP contribution in [0.5, 0.6) is 0 Å². The molecule has 1 fully saturated rings. The summed E-state index contributed by atoms with van der Waals surface area (Å²) in [7, 11) is 0. The maximum Gasteiger partial charge on any atom is 0.0207 e. The van der Waals surface area contributed by atoms with E-state index in [4.69, 9.17) is 0 Å². The molecule has 1 aromatic carbocycles. The van der Waals surface area contributed by atoms with Crippen LogP contribution in [0.2, 0.25) is 0 Å². The van der Waals surface area contributed by atoms with Gasteiger partial charge in [0, 0.05) is 17.1 Å². The highest BCUT2D eigenvalue weighted by Crippen LogP contribution is 2.18. The normalized spacial score (nSPS) is 20.2. The van der Waals surface area contributed by atoms with E-state index in [1.165, 1.54) is 54.4 Å². The standard InChI is InChI=1S/C17H27BrN2/c1-14-7-8-16(12-17(14)18)13-19-9-5-11-20-10-4-3-6-15(20)2/h7-8,12,15,19H,3-6,9-11,13H2,1-2H3. The van der Waals surface area contributed by atoms with Gasteiger partial charge in [-0.25, -0.2) is 0 Å². The second kappa shape index (κ2) is 8.16. The average Bonchev–Trinajstić information content (AvgIpc) is 2.44. The molecule has 2 rings (SSSR count). The Morgan fingerprint density at radius 2 is 2.20 bits per heavy atom. The summed E-state index contributed by atoms with van der Waals surface area (Å²) in [5, 5.41) is 3.56. The van der Waals surface area contributed by atoms with Crippen molar-refractivity contribution in [2.45, 2.75) is 52.1 Å². The third-order valence-corrected chi connectivity index (χ3v) is 5.16. The molecule has 0 bridgehead atoms. The number of benzene rings is 1. The van der Waals surface area contributed by atoms with E-state index in [2.05, 4.69) is 58.2 Å². The van der Waals surface area contributed by atoms with Crippen LogP contribution in [0.1, 0.15) is 43.7 Å². The van der Waals surface area contributed by atoms with Crippen LogP contribution in [0.25, 0.3) is 0 Å². The Morgan fingerprint density at radius 3 is 2.95 bits per heavy atom. The molecule has 0 amide bonds. The van der Waals surface area contributed by atoms with Gasteiger partial charge in [0.2, 0.25) is 0 Å². The van der Waals surface area contributed by atoms with Crippen LogP contribution in [-0.2, 0) is 6.54 Å². The molecule has 1 heterocycles. The highest BCUT2D eigenvalue weighted by Gasteiger charge is 2.16. The van der Waals surface area contributed by atoms with Crippen molar-refractivity contribution < 1.29 is 0 Å². The molecular formula is C17H27BrN2. The third-order valence-electron chi connectivity index (χ3n) is 4.30. The highest BCUT2D eigenvalue weighted by molar-refractivity contribution is 9.10. The summed E-state index contributed by atoms with van der Waals surface area (Å²) < 4.78 is 1.21. The van der Waals surface area contributed by atoms with Crippen LogP contribution < -0.4 is 5.32 Å². The lowest BCUT2D eigenvalue weighted by molar-refractivity contribution is 0.159. The Labute approximate surface area is 132 Å². The van der Waals surface area contributed by atoms with Gasteiger partial charge in [0.05, 0.1) is 0 Å². The minimum absolute atomic E-state index is 0.789. The third kappa shape index (κ3) is 4.87. The SMILES string of the molecule is Cc1ccc(CNCCCN2CCCCC2C)cc1Br. The fourth-order valence-corrected chi connectivity index (χ4v) is 3.30. The van der Waals surface area contributed by atoms with Crippen LogP contribution in [0.4, 0.5) is 0 Å². The number of hydrogen-bond acceptors (Lipinski definition) is 2. The molecule has 0 spiro atoms. The minimum atomic E-state index is 0.789. The maximum absolute atomic E-state index is 3.59. The molecule has 0 aliphatic carbocycles. The summed E-state index contributed by atoms with van der Waals surface area (Å²) in [5.41, 5.74) is 2.65. The van der Waals surface area contributed by atoms with E-state index < -0.39 is 0 Å². The smallest absolute Gasteiger partial charge is 0.0207 e. The van der Waals surface area contributed by atoms with Gasteiger partial charge in [0.1, 0.15) is 0 Å². The lowest BCUT2D eigenvalue weighted by atomic mass is 10.0. The summed E-state index contributed by atoms with van der Waals surface area (Å²) in [6, 6.07) is 7.39. The number of rotatable bonds is 6. The van der Waals surface area contributed by atoms with Gasteiger partial charge in [-0.3, -0.25) is 0 Å². The molecule has 0 aromatic heterocycles. The lowest BCUT2D eigenvalue weighted by Crippen LogP contribution is -2.38. The van der Waals surface area contributed by atoms with Crippen molar-refractivity contribution in [3.8, 4) is 0 Å². The van der Waals surface area contributed by atoms with Crippen LogP contribution in [0.15, 0.2) is 22.7 Å². The summed E-state index contributed by atoms with van der Waals surface area (Å²) in [6.45, 7) is 9.11. The van der Waals surface area contributed by atoms with Crippen LogP contribution >= 0.6 is 15.9 Å². The zero-order chi connectivity index (χ0) is 14.4. The summed E-state index contributed by atoms with van der Waals surface area (Å²) in [4.78, 5) is 2.65. The molecule has 0 saturated carbocycles. The van der Waals surface area contributed by atoms with Crippen molar-refractivity contribution in [1.82, 2.24) is 10.2 Å². The molecule has 0 radical (unpaired) electrons. The second-order valence-electron chi connectivity index (χ2n) is 5.99. The van der Waals surface area contributed by atoms with Gasteiger partial charge in [-0.05, 0) is 69.9 Å². The van der Waals surface area contributed by atoms with Gasteiger partial charge in [0.15, 0.2) is 0 Å². The van der Waals surface area contributed by atoms with Gasteiger partial charge in [0.25, 0.3) is 0 Å². The first-order chi connectivity index (χ1) is 9.66. The fourth-order valence-electron chi connectivity index (χ4n) is 2.88. The Hall–Kier alpha value is -0.380. The molecule has 1 unspecified atom stereocenters. The van der Waals surface area contributed by atoms with E-state index in [-0.39, 0.29) is 0 Å². The predicted octanol–water partition coefficient (Wildman–Crippen LogP) is 4.11. The fraction of sp³-hybridized carbons (Fsp3) is 0.647. The van der Waals surface area contributed by atoms with Crippen molar-refractivity contribution in [2.75, 3.05) is 19.6 Å². The van der Waals surface area contributed by atoms with E-state index in [0.29, 0.717) is 0 Å². The van der Waals surface area contributed by atoms with Crippen molar-refractivity contribution in [3.05, 3.63) is 33.8 Å². The van der Waals surface area contributed by atoms with Gasteiger partial charge in [-0.1, -0.05) is 34.5 Å². The van der Waals surface area contributed by atoms with E-state index in [0.717, 1.165) is 19.1 Å². The van der Waals surface area contributed by atoms with Crippen molar-refractivity contribution >= 4 is 15.9 Å². The quantitative estimate of drug-likeness (QED) is 0.785. The van der Waals surface area contributed by atoms with E-state index in [9.17, 15) is 0 Å². The number of aryl methyl sites for hydroxylation is 1. The first kappa shape index (κ1) is 16.0. The number of likely N-dealkylation sites (tertiary alicyclic amines) is 1. The Bertz CT molecular complexity index is 419. The van der Waals surface area contributed by atoms with Gasteiger partial charge < -0.3 is 10.2 Å². The molecule has 20 heavy (non-hydrogen) atoms. The lowest BCUT2D eigenvalue weighted by Gasteiger charge is -2.33. The van der Waals surface area contributed by atoms with E-state index >= 15 is 0 Å². The van der Waals surface area contributed by atoms with Crippen LogP contribution in [-0.4, -0.2) is 30.6 Å². The largest absolute Gasteiger partial charge is 0.313 e. The molecule has 1 aromatic rings. The first-order valence-electron chi connectivity index (χ1n) is 7.86. The van der Waals surface area contributed by atoms with Crippen molar-refractivity contribution in [2.24, 2.45) is 0 Å². The Morgan fingerprint density at radius 1 is 1.35 bits per heavy atom. The molecule has 1 atom stereocenters. The monoisotopic (exact) mass is 338 g/mol. The topological polar surface area (TPSA) is 15.3 Å². The highest BCUT2D eigenvalue weighted by atomic mass is 79.9. The molecular weight excluding hydrogens is 312 g/mol. The number of piperidine rings is 1. The van der Waals surface area contributed by atoms with E-state index in [1.54, 1.807) is 0 Å². The molecule has 1 aliphatic heterocycles. The first-order valence-corrected chi connectivity index (χ1v) is 8.66. The summed E-state index contributed by atoms with van der Waals surface area (Å²) >= 11 is 3.59. The average molecular weight is 339 g/mol. The molecule has 2 nitrogen and oxygen atoms in total. The van der Waals surface area contributed by atoms with Gasteiger partial charge in [-0.2, -0.15) is 0 Å².